The Morgan fingerprint density at radius 3 is 2.53 bits per heavy atom. The molecule has 0 radical (unpaired) electrons. The molecule has 0 aromatic rings. The number of hydrogen-bond acceptors (Lipinski definition) is 2. The van der Waals surface area contributed by atoms with Gasteiger partial charge in [-0.15, -0.1) is 0 Å². The quantitative estimate of drug-likeness (QED) is 0.506. The number of piperidine rings is 1. The summed E-state index contributed by atoms with van der Waals surface area (Å²) >= 11 is 2.47. The van der Waals surface area contributed by atoms with Gasteiger partial charge in [-0.2, -0.15) is 0 Å². The number of alkyl halides is 1. The molecule has 4 heteroatoms. The van der Waals surface area contributed by atoms with Crippen LogP contribution in [0.1, 0.15) is 34.1 Å². The number of carbonyl (C=O) groups excluding carboxylic acids is 1. The molecule has 1 heterocycles. The molecule has 0 N–H and O–H groups in total. The molecule has 1 rings (SSSR count). The first-order valence-electron chi connectivity index (χ1n) is 5.41. The van der Waals surface area contributed by atoms with Crippen molar-refractivity contribution >= 4 is 28.7 Å². The van der Waals surface area contributed by atoms with E-state index < -0.39 is 0 Å². The van der Waals surface area contributed by atoms with Crippen molar-refractivity contribution in [2.45, 2.75) is 43.6 Å². The predicted molar refractivity (Wildman–Crippen MR) is 69.4 cm³/mol. The number of nitrogens with zero attached hydrogens (tertiary/aromatic N) is 1. The third kappa shape index (κ3) is 4.17. The van der Waals surface area contributed by atoms with Crippen LogP contribution in [0.4, 0.5) is 4.79 Å². The summed E-state index contributed by atoms with van der Waals surface area (Å²) in [6.45, 7) is 9.54. The van der Waals surface area contributed by atoms with Crippen LogP contribution in [-0.2, 0) is 4.74 Å². The second-order valence-electron chi connectivity index (χ2n) is 5.21. The topological polar surface area (TPSA) is 29.5 Å². The zero-order valence-electron chi connectivity index (χ0n) is 9.92. The summed E-state index contributed by atoms with van der Waals surface area (Å²) < 4.78 is 6.03. The van der Waals surface area contributed by atoms with Gasteiger partial charge in [0, 0.05) is 17.0 Å². The summed E-state index contributed by atoms with van der Waals surface area (Å²) in [5.74, 6) is 0.562. The lowest BCUT2D eigenvalue weighted by molar-refractivity contribution is 0.0184. The Labute approximate surface area is 106 Å². The van der Waals surface area contributed by atoms with Crippen LogP contribution in [0.3, 0.4) is 0 Å². The maximum Gasteiger partial charge on any atom is 0.410 e. The molecule has 0 aromatic carbocycles. The molecule has 1 amide bonds. The third-order valence-electron chi connectivity index (χ3n) is 2.45. The number of halogens is 1. The highest BCUT2D eigenvalue weighted by atomic mass is 127. The van der Waals surface area contributed by atoms with Crippen LogP contribution in [0.2, 0.25) is 0 Å². The van der Waals surface area contributed by atoms with Crippen LogP contribution < -0.4 is 0 Å². The fourth-order valence-electron chi connectivity index (χ4n) is 1.61. The van der Waals surface area contributed by atoms with E-state index in [0.717, 1.165) is 19.5 Å². The minimum atomic E-state index is -0.387. The van der Waals surface area contributed by atoms with Gasteiger partial charge in [0.25, 0.3) is 0 Å². The van der Waals surface area contributed by atoms with Gasteiger partial charge in [0.05, 0.1) is 0 Å². The Morgan fingerprint density at radius 2 is 2.07 bits per heavy atom. The number of rotatable bonds is 0. The summed E-state index contributed by atoms with van der Waals surface area (Å²) in [5.41, 5.74) is -0.387. The number of amides is 1. The molecule has 1 aliphatic rings. The second-order valence-corrected chi connectivity index (χ2v) is 6.81. The van der Waals surface area contributed by atoms with Crippen LogP contribution in [0.15, 0.2) is 0 Å². The van der Waals surface area contributed by atoms with Crippen molar-refractivity contribution in [2.75, 3.05) is 13.1 Å². The SMILES string of the molecule is C[C@H]1CN(C(=O)OC(C)(C)C)CC[C@@H]1I. The van der Waals surface area contributed by atoms with Crippen molar-refractivity contribution < 1.29 is 9.53 Å². The molecule has 0 aliphatic carbocycles. The molecule has 0 saturated carbocycles. The van der Waals surface area contributed by atoms with Crippen LogP contribution in [0.25, 0.3) is 0 Å². The Morgan fingerprint density at radius 1 is 1.47 bits per heavy atom. The highest BCUT2D eigenvalue weighted by molar-refractivity contribution is 14.1. The van der Waals surface area contributed by atoms with E-state index in [4.69, 9.17) is 4.74 Å². The Bertz CT molecular complexity index is 237. The van der Waals surface area contributed by atoms with Gasteiger partial charge in [0.2, 0.25) is 0 Å². The number of carbonyl (C=O) groups is 1. The molecule has 15 heavy (non-hydrogen) atoms. The maximum absolute atomic E-state index is 11.8. The first kappa shape index (κ1) is 13.1. The summed E-state index contributed by atoms with van der Waals surface area (Å²) in [5, 5.41) is 0. The van der Waals surface area contributed by atoms with Crippen molar-refractivity contribution in [3.8, 4) is 0 Å². The lowest BCUT2D eigenvalue weighted by atomic mass is 10.0. The number of ether oxygens (including phenoxy) is 1. The van der Waals surface area contributed by atoms with Crippen molar-refractivity contribution in [1.82, 2.24) is 4.90 Å². The molecule has 3 nitrogen and oxygen atoms in total. The average Bonchev–Trinajstić information content (AvgIpc) is 2.06. The monoisotopic (exact) mass is 325 g/mol. The standard InChI is InChI=1S/C11H20INO2/c1-8-7-13(6-5-9(8)12)10(14)15-11(2,3)4/h8-9H,5-7H2,1-4H3/t8-,9-/m0/s1. The smallest absolute Gasteiger partial charge is 0.410 e. The van der Waals surface area contributed by atoms with Crippen molar-refractivity contribution in [2.24, 2.45) is 5.92 Å². The highest BCUT2D eigenvalue weighted by Gasteiger charge is 2.29. The van der Waals surface area contributed by atoms with E-state index >= 15 is 0 Å². The highest BCUT2D eigenvalue weighted by Crippen LogP contribution is 2.24. The van der Waals surface area contributed by atoms with Crippen LogP contribution in [-0.4, -0.2) is 33.6 Å². The molecule has 0 aromatic heterocycles. The first-order valence-corrected chi connectivity index (χ1v) is 6.66. The number of hydrogen-bond donors (Lipinski definition) is 0. The predicted octanol–water partition coefficient (Wildman–Crippen LogP) is 3.07. The van der Waals surface area contributed by atoms with E-state index in [1.54, 1.807) is 0 Å². The van der Waals surface area contributed by atoms with Crippen LogP contribution in [0, 0.1) is 5.92 Å². The van der Waals surface area contributed by atoms with E-state index in [0.29, 0.717) is 9.84 Å². The van der Waals surface area contributed by atoms with E-state index in [1.807, 2.05) is 25.7 Å². The Kier molecular flexibility index (Phi) is 4.26. The van der Waals surface area contributed by atoms with Crippen LogP contribution >= 0.6 is 22.6 Å². The zero-order chi connectivity index (χ0) is 11.6. The largest absolute Gasteiger partial charge is 0.444 e. The zero-order valence-corrected chi connectivity index (χ0v) is 12.1. The molecule has 0 spiro atoms. The lowest BCUT2D eigenvalue weighted by Crippen LogP contribution is -2.45. The van der Waals surface area contributed by atoms with Crippen molar-refractivity contribution in [3.63, 3.8) is 0 Å². The van der Waals surface area contributed by atoms with Crippen molar-refractivity contribution in [3.05, 3.63) is 0 Å². The maximum atomic E-state index is 11.8. The Hall–Kier alpha value is 0. The minimum absolute atomic E-state index is 0.169. The van der Waals surface area contributed by atoms with Gasteiger partial charge in [-0.3, -0.25) is 0 Å². The minimum Gasteiger partial charge on any atom is -0.444 e. The second kappa shape index (κ2) is 4.89. The lowest BCUT2D eigenvalue weighted by Gasteiger charge is -2.35. The number of likely N-dealkylation sites (tertiary alicyclic amines) is 1. The summed E-state index contributed by atoms with van der Waals surface area (Å²) in [7, 11) is 0. The molecule has 0 unspecified atom stereocenters. The van der Waals surface area contributed by atoms with Gasteiger partial charge in [-0.1, -0.05) is 29.5 Å². The Balaban J connectivity index is 2.48. The summed E-state index contributed by atoms with van der Waals surface area (Å²) in [6, 6.07) is 0. The molecule has 88 valence electrons. The van der Waals surface area contributed by atoms with E-state index in [1.165, 1.54) is 0 Å². The molecule has 0 bridgehead atoms. The molecule has 1 saturated heterocycles. The fraction of sp³-hybridized carbons (Fsp3) is 0.909. The molecular formula is C11H20INO2. The van der Waals surface area contributed by atoms with Gasteiger partial charge >= 0.3 is 6.09 Å². The van der Waals surface area contributed by atoms with Gasteiger partial charge in [0.1, 0.15) is 5.60 Å². The van der Waals surface area contributed by atoms with E-state index in [2.05, 4.69) is 29.5 Å². The molecule has 2 atom stereocenters. The van der Waals surface area contributed by atoms with E-state index in [9.17, 15) is 4.79 Å². The summed E-state index contributed by atoms with van der Waals surface area (Å²) in [6.07, 6.45) is 0.902. The van der Waals surface area contributed by atoms with Gasteiger partial charge in [-0.05, 0) is 33.1 Å². The summed E-state index contributed by atoms with van der Waals surface area (Å²) in [4.78, 5) is 13.6. The fourth-order valence-corrected chi connectivity index (χ4v) is 2.12. The van der Waals surface area contributed by atoms with Gasteiger partial charge in [-0.25, -0.2) is 4.79 Å². The van der Waals surface area contributed by atoms with Gasteiger partial charge < -0.3 is 9.64 Å². The van der Waals surface area contributed by atoms with E-state index in [-0.39, 0.29) is 11.7 Å². The molecular weight excluding hydrogens is 305 g/mol. The van der Waals surface area contributed by atoms with Gasteiger partial charge in [0.15, 0.2) is 0 Å². The van der Waals surface area contributed by atoms with Crippen molar-refractivity contribution in [1.29, 1.82) is 0 Å². The average molecular weight is 325 g/mol. The normalized spacial score (nSPS) is 27.7. The molecule has 1 fully saturated rings. The van der Waals surface area contributed by atoms with Crippen LogP contribution in [0.5, 0.6) is 0 Å². The first-order chi connectivity index (χ1) is 6.79. The third-order valence-corrected chi connectivity index (χ3v) is 4.30. The molecule has 1 aliphatic heterocycles.